The monoisotopic (exact) mass is 245 g/mol. The van der Waals surface area contributed by atoms with E-state index in [2.05, 4.69) is 0 Å². The second-order valence-corrected chi connectivity index (χ2v) is 5.53. The lowest BCUT2D eigenvalue weighted by molar-refractivity contribution is -0.108. The first kappa shape index (κ1) is 11.7. The van der Waals surface area contributed by atoms with Crippen molar-refractivity contribution in [2.75, 3.05) is 13.1 Å². The molecule has 3 rings (SSSR count). The van der Waals surface area contributed by atoms with E-state index in [0.717, 1.165) is 19.5 Å². The van der Waals surface area contributed by atoms with Crippen molar-refractivity contribution < 1.29 is 9.63 Å². The lowest BCUT2D eigenvalue weighted by atomic mass is 9.98. The molecule has 1 aliphatic carbocycles. The van der Waals surface area contributed by atoms with E-state index in [4.69, 9.17) is 4.84 Å². The van der Waals surface area contributed by atoms with Gasteiger partial charge in [-0.05, 0) is 49.7 Å². The summed E-state index contributed by atoms with van der Waals surface area (Å²) in [4.78, 5) is 17.4. The average molecular weight is 245 g/mol. The number of carbonyl (C=O) groups excluding carboxylic acids is 1. The minimum atomic E-state index is -0.234. The van der Waals surface area contributed by atoms with Gasteiger partial charge >= 0.3 is 5.97 Å². The summed E-state index contributed by atoms with van der Waals surface area (Å²) < 4.78 is 0. The van der Waals surface area contributed by atoms with E-state index in [1.807, 2.05) is 23.3 Å². The van der Waals surface area contributed by atoms with Crippen LogP contribution in [0.1, 0.15) is 42.5 Å². The molecule has 3 nitrogen and oxygen atoms in total. The van der Waals surface area contributed by atoms with Gasteiger partial charge in [0.2, 0.25) is 0 Å². The zero-order valence-corrected chi connectivity index (χ0v) is 10.6. The van der Waals surface area contributed by atoms with Gasteiger partial charge in [-0.1, -0.05) is 18.2 Å². The van der Waals surface area contributed by atoms with Crippen LogP contribution < -0.4 is 0 Å². The van der Waals surface area contributed by atoms with Crippen molar-refractivity contribution in [3.8, 4) is 0 Å². The molecule has 0 atom stereocenters. The van der Waals surface area contributed by atoms with Crippen LogP contribution in [0.4, 0.5) is 0 Å². The molecule has 0 N–H and O–H groups in total. The summed E-state index contributed by atoms with van der Waals surface area (Å²) in [6.45, 7) is 1.76. The molecule has 1 aromatic carbocycles. The molecule has 3 heteroatoms. The van der Waals surface area contributed by atoms with Crippen LogP contribution >= 0.6 is 0 Å². The predicted octanol–water partition coefficient (Wildman–Crippen LogP) is 3.02. The Kier molecular flexibility index (Phi) is 3.08. The summed E-state index contributed by atoms with van der Waals surface area (Å²) >= 11 is 0. The zero-order chi connectivity index (χ0) is 12.4. The molecule has 2 fully saturated rings. The fraction of sp³-hybridized carbons (Fsp3) is 0.533. The average Bonchev–Trinajstić information content (AvgIpc) is 3.20. The van der Waals surface area contributed by atoms with Crippen molar-refractivity contribution >= 4 is 5.97 Å². The lowest BCUT2D eigenvalue weighted by Gasteiger charge is -2.19. The molecular formula is C15H19NO2. The maximum atomic E-state index is 11.9. The van der Waals surface area contributed by atoms with Crippen LogP contribution in [0.5, 0.6) is 0 Å². The number of carbonyl (C=O) groups is 1. The Morgan fingerprint density at radius 1 is 1.06 bits per heavy atom. The zero-order valence-electron chi connectivity index (χ0n) is 10.6. The highest BCUT2D eigenvalue weighted by molar-refractivity contribution is 5.89. The summed E-state index contributed by atoms with van der Waals surface area (Å²) in [6.07, 6.45) is 6.35. The van der Waals surface area contributed by atoms with Gasteiger partial charge in [0.15, 0.2) is 0 Å². The maximum Gasteiger partial charge on any atom is 0.357 e. The SMILES string of the molecule is O=C(ON1CCCC2(CC1)CC2)c1ccccc1. The van der Waals surface area contributed by atoms with Crippen LogP contribution in [-0.4, -0.2) is 24.1 Å². The van der Waals surface area contributed by atoms with Gasteiger partial charge in [-0.3, -0.25) is 0 Å². The lowest BCUT2D eigenvalue weighted by Crippen LogP contribution is -2.28. The van der Waals surface area contributed by atoms with E-state index in [-0.39, 0.29) is 5.97 Å². The number of nitrogens with zero attached hydrogens (tertiary/aromatic N) is 1. The molecule has 1 heterocycles. The molecule has 2 aliphatic rings. The molecule has 0 amide bonds. The van der Waals surface area contributed by atoms with Crippen molar-refractivity contribution in [3.05, 3.63) is 35.9 Å². The fourth-order valence-electron chi connectivity index (χ4n) is 2.74. The van der Waals surface area contributed by atoms with E-state index in [1.165, 1.54) is 25.7 Å². The summed E-state index contributed by atoms with van der Waals surface area (Å²) in [7, 11) is 0. The second kappa shape index (κ2) is 4.73. The van der Waals surface area contributed by atoms with Crippen LogP contribution in [0.2, 0.25) is 0 Å². The molecule has 1 aromatic rings. The Bertz CT molecular complexity index is 425. The normalized spacial score (nSPS) is 22.4. The number of hydroxylamine groups is 2. The quantitative estimate of drug-likeness (QED) is 0.802. The highest BCUT2D eigenvalue weighted by Crippen LogP contribution is 2.53. The standard InChI is InChI=1S/C15H19NO2/c17-14(13-5-2-1-3-6-13)18-16-11-4-7-15(8-9-15)10-12-16/h1-3,5-6H,4,7-12H2. The van der Waals surface area contributed by atoms with Crippen molar-refractivity contribution in [3.63, 3.8) is 0 Å². The third kappa shape index (κ3) is 2.56. The Labute approximate surface area is 108 Å². The van der Waals surface area contributed by atoms with Gasteiger partial charge in [0.25, 0.3) is 0 Å². The molecule has 0 unspecified atom stereocenters. The molecule has 1 saturated heterocycles. The Morgan fingerprint density at radius 2 is 1.83 bits per heavy atom. The molecular weight excluding hydrogens is 226 g/mol. The summed E-state index contributed by atoms with van der Waals surface area (Å²) in [5.74, 6) is -0.234. The second-order valence-electron chi connectivity index (χ2n) is 5.53. The summed E-state index contributed by atoms with van der Waals surface area (Å²) in [6, 6.07) is 9.21. The Morgan fingerprint density at radius 3 is 2.56 bits per heavy atom. The smallest absolute Gasteiger partial charge is 0.357 e. The van der Waals surface area contributed by atoms with E-state index in [9.17, 15) is 4.79 Å². The van der Waals surface area contributed by atoms with E-state index >= 15 is 0 Å². The van der Waals surface area contributed by atoms with Gasteiger partial charge in [0.05, 0.1) is 5.56 Å². The number of hydrogen-bond acceptors (Lipinski definition) is 3. The molecule has 1 aliphatic heterocycles. The molecule has 96 valence electrons. The van der Waals surface area contributed by atoms with Gasteiger partial charge in [-0.15, -0.1) is 5.06 Å². The number of hydrogen-bond donors (Lipinski definition) is 0. The first-order valence-electron chi connectivity index (χ1n) is 6.80. The predicted molar refractivity (Wildman–Crippen MR) is 68.9 cm³/mol. The summed E-state index contributed by atoms with van der Waals surface area (Å²) in [5.41, 5.74) is 1.23. The molecule has 18 heavy (non-hydrogen) atoms. The van der Waals surface area contributed by atoms with Crippen molar-refractivity contribution in [1.82, 2.24) is 5.06 Å². The van der Waals surface area contributed by atoms with Gasteiger partial charge in [0, 0.05) is 13.1 Å². The van der Waals surface area contributed by atoms with Gasteiger partial charge in [0.1, 0.15) is 0 Å². The minimum Gasteiger partial charge on any atom is -0.364 e. The van der Waals surface area contributed by atoms with E-state index in [0.29, 0.717) is 11.0 Å². The van der Waals surface area contributed by atoms with Crippen molar-refractivity contribution in [1.29, 1.82) is 0 Å². The van der Waals surface area contributed by atoms with Crippen molar-refractivity contribution in [2.24, 2.45) is 5.41 Å². The van der Waals surface area contributed by atoms with Crippen LogP contribution in [0.3, 0.4) is 0 Å². The molecule has 0 radical (unpaired) electrons. The third-order valence-corrected chi connectivity index (χ3v) is 4.18. The van der Waals surface area contributed by atoms with Crippen molar-refractivity contribution in [2.45, 2.75) is 32.1 Å². The van der Waals surface area contributed by atoms with E-state index < -0.39 is 0 Å². The van der Waals surface area contributed by atoms with Gasteiger partial charge < -0.3 is 4.84 Å². The molecule has 0 bridgehead atoms. The first-order valence-corrected chi connectivity index (χ1v) is 6.80. The highest BCUT2D eigenvalue weighted by atomic mass is 16.7. The largest absolute Gasteiger partial charge is 0.364 e. The van der Waals surface area contributed by atoms with Crippen LogP contribution in [0.25, 0.3) is 0 Å². The van der Waals surface area contributed by atoms with Crippen LogP contribution in [0.15, 0.2) is 30.3 Å². The molecule has 0 aromatic heterocycles. The molecule has 1 saturated carbocycles. The van der Waals surface area contributed by atoms with Crippen LogP contribution in [0, 0.1) is 5.41 Å². The maximum absolute atomic E-state index is 11.9. The highest BCUT2D eigenvalue weighted by Gasteiger charge is 2.43. The fourth-order valence-corrected chi connectivity index (χ4v) is 2.74. The molecule has 1 spiro atoms. The van der Waals surface area contributed by atoms with Crippen LogP contribution in [-0.2, 0) is 4.84 Å². The minimum absolute atomic E-state index is 0.234. The Balaban J connectivity index is 1.57. The van der Waals surface area contributed by atoms with Gasteiger partial charge in [-0.2, -0.15) is 0 Å². The van der Waals surface area contributed by atoms with E-state index in [1.54, 1.807) is 12.1 Å². The summed E-state index contributed by atoms with van der Waals surface area (Å²) in [5, 5.41) is 1.85. The third-order valence-electron chi connectivity index (χ3n) is 4.18. The Hall–Kier alpha value is -1.35. The van der Waals surface area contributed by atoms with Gasteiger partial charge in [-0.25, -0.2) is 4.79 Å². The number of rotatable bonds is 2. The number of benzene rings is 1. The first-order chi connectivity index (χ1) is 8.77. The topological polar surface area (TPSA) is 29.5 Å².